The third kappa shape index (κ3) is 2.76. The first-order chi connectivity index (χ1) is 8.84. The van der Waals surface area contributed by atoms with Crippen molar-refractivity contribution in [2.45, 2.75) is 38.3 Å². The van der Waals surface area contributed by atoms with Gasteiger partial charge in [-0.1, -0.05) is 0 Å². The van der Waals surface area contributed by atoms with E-state index in [-0.39, 0.29) is 17.7 Å². The van der Waals surface area contributed by atoms with Gasteiger partial charge in [-0.15, -0.1) is 11.3 Å². The number of nitrogens with zero attached hydrogens (tertiary/aromatic N) is 1. The highest BCUT2D eigenvalue weighted by molar-refractivity contribution is 7.09. The van der Waals surface area contributed by atoms with Crippen LogP contribution in [0.2, 0.25) is 0 Å². The maximum Gasteiger partial charge on any atom is 0.329 e. The molecule has 0 bridgehead atoms. The van der Waals surface area contributed by atoms with E-state index in [9.17, 15) is 14.7 Å². The van der Waals surface area contributed by atoms with Gasteiger partial charge in [-0.3, -0.25) is 4.79 Å². The molecule has 0 spiro atoms. The number of thiazole rings is 1. The minimum absolute atomic E-state index is 0.000452. The van der Waals surface area contributed by atoms with Crippen molar-refractivity contribution in [2.75, 3.05) is 0 Å². The summed E-state index contributed by atoms with van der Waals surface area (Å²) in [6, 6.07) is -0.235. The molecule has 2 atom stereocenters. The Kier molecular flexibility index (Phi) is 3.60. The van der Waals surface area contributed by atoms with Crippen LogP contribution in [0.3, 0.4) is 0 Å². The first kappa shape index (κ1) is 14.0. The number of carboxylic acids is 1. The van der Waals surface area contributed by atoms with Crippen molar-refractivity contribution in [2.24, 2.45) is 11.7 Å². The van der Waals surface area contributed by atoms with E-state index < -0.39 is 17.4 Å². The normalized spacial score (nSPS) is 19.5. The number of aromatic nitrogens is 1. The van der Waals surface area contributed by atoms with Crippen LogP contribution in [0.1, 0.15) is 48.2 Å². The molecule has 1 heterocycles. The zero-order valence-corrected chi connectivity index (χ0v) is 11.7. The maximum absolute atomic E-state index is 12.1. The minimum Gasteiger partial charge on any atom is -0.480 e. The highest BCUT2D eigenvalue weighted by atomic mass is 32.1. The van der Waals surface area contributed by atoms with Gasteiger partial charge in [0.2, 0.25) is 0 Å². The van der Waals surface area contributed by atoms with Gasteiger partial charge < -0.3 is 16.2 Å². The van der Waals surface area contributed by atoms with Gasteiger partial charge in [0.15, 0.2) is 0 Å². The second kappa shape index (κ2) is 4.90. The number of nitrogens with two attached hydrogens (primary N) is 1. The molecular weight excluding hydrogens is 266 g/mol. The first-order valence-corrected chi connectivity index (χ1v) is 6.99. The summed E-state index contributed by atoms with van der Waals surface area (Å²) in [6.07, 6.45) is 1.65. The number of carboxylic acid groups (broad SMARTS) is 1. The lowest BCUT2D eigenvalue weighted by Gasteiger charge is -2.25. The monoisotopic (exact) mass is 283 g/mol. The molecule has 0 radical (unpaired) electrons. The summed E-state index contributed by atoms with van der Waals surface area (Å²) in [7, 11) is 0. The number of rotatable bonds is 5. The van der Waals surface area contributed by atoms with Crippen molar-refractivity contribution >= 4 is 23.2 Å². The standard InChI is InChI=1S/C12H17N3O3S/c1-6(13)10-14-8(5-19-10)9(16)15-12(2,11(17)18)7-3-4-7/h5-7H,3-4,13H2,1-2H3,(H,15,16)(H,17,18). The molecule has 0 aromatic carbocycles. The Labute approximate surface area is 115 Å². The number of hydrogen-bond acceptors (Lipinski definition) is 5. The van der Waals surface area contributed by atoms with Gasteiger partial charge in [0.05, 0.1) is 6.04 Å². The summed E-state index contributed by atoms with van der Waals surface area (Å²) in [5.74, 6) is -1.47. The van der Waals surface area contributed by atoms with Crippen LogP contribution < -0.4 is 11.1 Å². The molecule has 1 aliphatic rings. The van der Waals surface area contributed by atoms with Gasteiger partial charge in [0.1, 0.15) is 16.2 Å². The molecule has 1 aromatic rings. The summed E-state index contributed by atoms with van der Waals surface area (Å²) in [5.41, 5.74) is 4.70. The summed E-state index contributed by atoms with van der Waals surface area (Å²) in [4.78, 5) is 27.5. The van der Waals surface area contributed by atoms with E-state index in [0.717, 1.165) is 12.8 Å². The molecule has 6 nitrogen and oxygen atoms in total. The SMILES string of the molecule is CC(N)c1nc(C(=O)NC(C)(C(=O)O)C2CC2)cs1. The zero-order valence-electron chi connectivity index (χ0n) is 10.8. The fraction of sp³-hybridized carbons (Fsp3) is 0.583. The number of carbonyl (C=O) groups is 2. The maximum atomic E-state index is 12.1. The van der Waals surface area contributed by atoms with Gasteiger partial charge >= 0.3 is 5.97 Å². The highest BCUT2D eigenvalue weighted by Crippen LogP contribution is 2.39. The number of carbonyl (C=O) groups excluding carboxylic acids is 1. The van der Waals surface area contributed by atoms with Crippen molar-refractivity contribution in [3.8, 4) is 0 Å². The molecule has 1 aliphatic carbocycles. The fourth-order valence-corrected chi connectivity index (χ4v) is 2.65. The molecule has 104 valence electrons. The second-order valence-corrected chi connectivity index (χ2v) is 5.99. The summed E-state index contributed by atoms with van der Waals surface area (Å²) < 4.78 is 0. The lowest BCUT2D eigenvalue weighted by molar-refractivity contribution is -0.144. The average molecular weight is 283 g/mol. The van der Waals surface area contributed by atoms with E-state index in [1.54, 1.807) is 19.2 Å². The highest BCUT2D eigenvalue weighted by Gasteiger charge is 2.48. The Hall–Kier alpha value is -1.47. The smallest absolute Gasteiger partial charge is 0.329 e. The molecule has 7 heteroatoms. The van der Waals surface area contributed by atoms with Gasteiger partial charge in [-0.2, -0.15) is 0 Å². The topological polar surface area (TPSA) is 105 Å². The largest absolute Gasteiger partial charge is 0.480 e. The Balaban J connectivity index is 2.13. The number of aliphatic carboxylic acids is 1. The van der Waals surface area contributed by atoms with E-state index in [2.05, 4.69) is 10.3 Å². The van der Waals surface area contributed by atoms with Crippen LogP contribution in [-0.4, -0.2) is 27.5 Å². The lowest BCUT2D eigenvalue weighted by Crippen LogP contribution is -2.54. The van der Waals surface area contributed by atoms with Crippen molar-refractivity contribution in [3.05, 3.63) is 16.1 Å². The van der Waals surface area contributed by atoms with Crippen LogP contribution >= 0.6 is 11.3 Å². The molecule has 1 amide bonds. The number of amides is 1. The predicted molar refractivity (Wildman–Crippen MR) is 70.9 cm³/mol. The number of nitrogens with one attached hydrogen (secondary N) is 1. The van der Waals surface area contributed by atoms with Crippen LogP contribution in [0.5, 0.6) is 0 Å². The molecule has 1 aromatic heterocycles. The van der Waals surface area contributed by atoms with Crippen LogP contribution in [-0.2, 0) is 4.79 Å². The Morgan fingerprint density at radius 2 is 2.26 bits per heavy atom. The van der Waals surface area contributed by atoms with E-state index in [4.69, 9.17) is 5.73 Å². The molecular formula is C12H17N3O3S. The average Bonchev–Trinajstić information content (AvgIpc) is 3.06. The predicted octanol–water partition coefficient (Wildman–Crippen LogP) is 1.15. The van der Waals surface area contributed by atoms with E-state index in [0.29, 0.717) is 5.01 Å². The van der Waals surface area contributed by atoms with Crippen molar-refractivity contribution in [3.63, 3.8) is 0 Å². The minimum atomic E-state index is -1.21. The van der Waals surface area contributed by atoms with Crippen LogP contribution in [0, 0.1) is 5.92 Å². The molecule has 0 aliphatic heterocycles. The van der Waals surface area contributed by atoms with Crippen molar-refractivity contribution in [1.82, 2.24) is 10.3 Å². The number of hydrogen-bond donors (Lipinski definition) is 3. The third-order valence-corrected chi connectivity index (χ3v) is 4.40. The third-order valence-electron chi connectivity index (χ3n) is 3.36. The molecule has 1 saturated carbocycles. The van der Waals surface area contributed by atoms with Crippen LogP contribution in [0.4, 0.5) is 0 Å². The van der Waals surface area contributed by atoms with E-state index in [1.165, 1.54) is 11.3 Å². The van der Waals surface area contributed by atoms with Crippen LogP contribution in [0.15, 0.2) is 5.38 Å². The van der Waals surface area contributed by atoms with E-state index in [1.807, 2.05) is 0 Å². The summed E-state index contributed by atoms with van der Waals surface area (Å²) in [5, 5.41) is 14.1. The van der Waals surface area contributed by atoms with Crippen molar-refractivity contribution in [1.29, 1.82) is 0 Å². The van der Waals surface area contributed by atoms with Crippen molar-refractivity contribution < 1.29 is 14.7 Å². The zero-order chi connectivity index (χ0) is 14.2. The van der Waals surface area contributed by atoms with Gasteiger partial charge in [0.25, 0.3) is 5.91 Å². The van der Waals surface area contributed by atoms with Crippen LogP contribution in [0.25, 0.3) is 0 Å². The second-order valence-electron chi connectivity index (χ2n) is 5.10. The van der Waals surface area contributed by atoms with Gasteiger partial charge in [-0.25, -0.2) is 9.78 Å². The van der Waals surface area contributed by atoms with E-state index >= 15 is 0 Å². The fourth-order valence-electron chi connectivity index (χ4n) is 1.89. The quantitative estimate of drug-likeness (QED) is 0.751. The summed E-state index contributed by atoms with van der Waals surface area (Å²) >= 11 is 1.30. The first-order valence-electron chi connectivity index (χ1n) is 6.11. The lowest BCUT2D eigenvalue weighted by atomic mass is 9.96. The Bertz CT molecular complexity index is 510. The van der Waals surface area contributed by atoms with Gasteiger partial charge in [0, 0.05) is 5.38 Å². The molecule has 0 saturated heterocycles. The molecule has 1 fully saturated rings. The molecule has 2 unspecified atom stereocenters. The Morgan fingerprint density at radius 1 is 1.63 bits per heavy atom. The van der Waals surface area contributed by atoms with Gasteiger partial charge in [-0.05, 0) is 32.6 Å². The molecule has 19 heavy (non-hydrogen) atoms. The summed E-state index contributed by atoms with van der Waals surface area (Å²) in [6.45, 7) is 3.33. The molecule has 2 rings (SSSR count). The Morgan fingerprint density at radius 3 is 2.68 bits per heavy atom. The molecule has 4 N–H and O–H groups in total.